The molecular formula is C21H24N2O3S. The van der Waals surface area contributed by atoms with Crippen LogP contribution < -0.4 is 15.0 Å². The molecule has 2 aromatic carbocycles. The van der Waals surface area contributed by atoms with Crippen molar-refractivity contribution in [3.8, 4) is 5.75 Å². The van der Waals surface area contributed by atoms with E-state index in [0.29, 0.717) is 11.5 Å². The molecule has 2 amide bonds. The second kappa shape index (κ2) is 7.64. The molecule has 0 saturated carbocycles. The first-order valence-corrected chi connectivity index (χ1v) is 9.85. The number of hydrogen-bond donors (Lipinski definition) is 1. The van der Waals surface area contributed by atoms with Crippen LogP contribution >= 0.6 is 11.8 Å². The van der Waals surface area contributed by atoms with E-state index in [4.69, 9.17) is 4.74 Å². The van der Waals surface area contributed by atoms with Gasteiger partial charge in [-0.15, -0.1) is 11.8 Å². The number of ether oxygens (including phenoxy) is 1. The summed E-state index contributed by atoms with van der Waals surface area (Å²) in [5, 5.41) is 2.79. The van der Waals surface area contributed by atoms with Crippen LogP contribution in [-0.4, -0.2) is 24.7 Å². The third-order valence-corrected chi connectivity index (χ3v) is 5.56. The predicted molar refractivity (Wildman–Crippen MR) is 110 cm³/mol. The van der Waals surface area contributed by atoms with Crippen LogP contribution in [0.5, 0.6) is 5.75 Å². The molecule has 0 aliphatic carbocycles. The van der Waals surface area contributed by atoms with Crippen LogP contribution in [0.25, 0.3) is 0 Å². The maximum Gasteiger partial charge on any atom is 0.238 e. The Labute approximate surface area is 164 Å². The summed E-state index contributed by atoms with van der Waals surface area (Å²) >= 11 is 1.54. The van der Waals surface area contributed by atoms with Crippen molar-refractivity contribution in [3.63, 3.8) is 0 Å². The van der Waals surface area contributed by atoms with Crippen molar-refractivity contribution >= 4 is 35.0 Å². The summed E-state index contributed by atoms with van der Waals surface area (Å²) in [4.78, 5) is 26.9. The summed E-state index contributed by atoms with van der Waals surface area (Å²) in [6, 6.07) is 15.1. The fourth-order valence-corrected chi connectivity index (χ4v) is 4.08. The maximum absolute atomic E-state index is 12.7. The van der Waals surface area contributed by atoms with E-state index in [9.17, 15) is 9.59 Å². The first-order chi connectivity index (χ1) is 12.8. The van der Waals surface area contributed by atoms with E-state index in [0.717, 1.165) is 16.9 Å². The molecular weight excluding hydrogens is 360 g/mol. The first kappa shape index (κ1) is 19.3. The number of anilines is 2. The number of methoxy groups -OCH3 is 1. The van der Waals surface area contributed by atoms with Gasteiger partial charge in [0.2, 0.25) is 11.8 Å². The molecule has 1 aliphatic rings. The summed E-state index contributed by atoms with van der Waals surface area (Å²) in [7, 11) is 1.60. The zero-order valence-electron chi connectivity index (χ0n) is 16.0. The van der Waals surface area contributed by atoms with Crippen molar-refractivity contribution in [2.45, 2.75) is 26.1 Å². The Bertz CT molecular complexity index is 861. The lowest BCUT2D eigenvalue weighted by Gasteiger charge is -2.28. The number of para-hydroxylation sites is 3. The monoisotopic (exact) mass is 384 g/mol. The zero-order chi connectivity index (χ0) is 19.6. The molecule has 1 aliphatic heterocycles. The number of carbonyl (C=O) groups excluding carboxylic acids is 2. The fraction of sp³-hybridized carbons (Fsp3) is 0.333. The molecule has 2 aromatic rings. The van der Waals surface area contributed by atoms with E-state index in [2.05, 4.69) is 5.32 Å². The zero-order valence-corrected chi connectivity index (χ0v) is 16.8. The van der Waals surface area contributed by atoms with Crippen LogP contribution in [0.15, 0.2) is 48.5 Å². The number of amides is 2. The normalized spacial score (nSPS) is 17.1. The number of benzene rings is 2. The van der Waals surface area contributed by atoms with Gasteiger partial charge in [0.05, 0.1) is 18.6 Å². The molecule has 1 N–H and O–H groups in total. The van der Waals surface area contributed by atoms with Crippen molar-refractivity contribution in [1.29, 1.82) is 0 Å². The summed E-state index contributed by atoms with van der Waals surface area (Å²) in [6.45, 7) is 5.62. The van der Waals surface area contributed by atoms with Crippen LogP contribution in [0.1, 0.15) is 31.7 Å². The summed E-state index contributed by atoms with van der Waals surface area (Å²) in [5.41, 5.74) is 1.85. The average molecular weight is 385 g/mol. The van der Waals surface area contributed by atoms with Crippen LogP contribution in [0, 0.1) is 5.41 Å². The number of nitrogens with one attached hydrogen (secondary N) is 1. The Balaban J connectivity index is 2.00. The lowest BCUT2D eigenvalue weighted by atomic mass is 9.95. The molecule has 0 radical (unpaired) electrons. The van der Waals surface area contributed by atoms with Crippen LogP contribution in [0.3, 0.4) is 0 Å². The molecule has 5 nitrogen and oxygen atoms in total. The second-order valence-electron chi connectivity index (χ2n) is 7.39. The fourth-order valence-electron chi connectivity index (χ4n) is 2.88. The number of rotatable bonds is 4. The smallest absolute Gasteiger partial charge is 0.238 e. The highest BCUT2D eigenvalue weighted by Gasteiger charge is 2.37. The molecule has 1 atom stereocenters. The molecule has 0 bridgehead atoms. The van der Waals surface area contributed by atoms with Crippen molar-refractivity contribution in [2.75, 3.05) is 23.1 Å². The minimum absolute atomic E-state index is 0.0199. The quantitative estimate of drug-likeness (QED) is 0.846. The molecule has 142 valence electrons. The van der Waals surface area contributed by atoms with Gasteiger partial charge in [0.25, 0.3) is 0 Å². The molecule has 0 aromatic heterocycles. The molecule has 6 heteroatoms. The Kier molecular flexibility index (Phi) is 5.46. The lowest BCUT2D eigenvalue weighted by molar-refractivity contribution is -0.123. The molecule has 1 heterocycles. The largest absolute Gasteiger partial charge is 0.495 e. The van der Waals surface area contributed by atoms with Crippen molar-refractivity contribution < 1.29 is 14.3 Å². The van der Waals surface area contributed by atoms with Crippen molar-refractivity contribution in [3.05, 3.63) is 54.1 Å². The Morgan fingerprint density at radius 3 is 2.52 bits per heavy atom. The van der Waals surface area contributed by atoms with E-state index in [-0.39, 0.29) is 17.2 Å². The van der Waals surface area contributed by atoms with Crippen LogP contribution in [0.2, 0.25) is 0 Å². The van der Waals surface area contributed by atoms with Gasteiger partial charge in [-0.1, -0.05) is 51.1 Å². The Hall–Kier alpha value is -2.47. The van der Waals surface area contributed by atoms with Gasteiger partial charge in [0.15, 0.2) is 0 Å². The van der Waals surface area contributed by atoms with E-state index < -0.39 is 5.41 Å². The average Bonchev–Trinajstić information content (AvgIpc) is 3.02. The highest BCUT2D eigenvalue weighted by Crippen LogP contribution is 2.46. The summed E-state index contributed by atoms with van der Waals surface area (Å²) in [6.07, 6.45) is 0. The molecule has 1 fully saturated rings. The topological polar surface area (TPSA) is 58.6 Å². The van der Waals surface area contributed by atoms with Gasteiger partial charge in [-0.3, -0.25) is 14.5 Å². The minimum Gasteiger partial charge on any atom is -0.495 e. The van der Waals surface area contributed by atoms with Crippen molar-refractivity contribution in [1.82, 2.24) is 0 Å². The molecule has 3 rings (SSSR count). The molecule has 1 saturated heterocycles. The Morgan fingerprint density at radius 2 is 1.81 bits per heavy atom. The summed E-state index contributed by atoms with van der Waals surface area (Å²) in [5.74, 6) is 0.985. The van der Waals surface area contributed by atoms with E-state index >= 15 is 0 Å². The van der Waals surface area contributed by atoms with Gasteiger partial charge >= 0.3 is 0 Å². The second-order valence-corrected chi connectivity index (χ2v) is 8.46. The van der Waals surface area contributed by atoms with Gasteiger partial charge in [-0.2, -0.15) is 0 Å². The number of carbonyl (C=O) groups is 2. The van der Waals surface area contributed by atoms with Gasteiger partial charge in [0.1, 0.15) is 11.1 Å². The Morgan fingerprint density at radius 1 is 1.15 bits per heavy atom. The van der Waals surface area contributed by atoms with Gasteiger partial charge in [-0.05, 0) is 18.2 Å². The highest BCUT2D eigenvalue weighted by atomic mass is 32.2. The molecule has 0 spiro atoms. The van der Waals surface area contributed by atoms with Crippen LogP contribution in [0.4, 0.5) is 11.4 Å². The number of thioether (sulfide) groups is 1. The first-order valence-electron chi connectivity index (χ1n) is 8.80. The van der Waals surface area contributed by atoms with E-state index in [1.165, 1.54) is 0 Å². The van der Waals surface area contributed by atoms with E-state index in [1.807, 2.05) is 69.3 Å². The lowest BCUT2D eigenvalue weighted by Crippen LogP contribution is -2.30. The van der Waals surface area contributed by atoms with E-state index in [1.54, 1.807) is 23.8 Å². The van der Waals surface area contributed by atoms with Crippen molar-refractivity contribution in [2.24, 2.45) is 5.41 Å². The third kappa shape index (κ3) is 3.95. The van der Waals surface area contributed by atoms with Gasteiger partial charge < -0.3 is 10.1 Å². The minimum atomic E-state index is -0.506. The maximum atomic E-state index is 12.7. The standard InChI is InChI=1S/C21H24N2O3S/c1-21(2,3)20(25)22-15-10-6-5-9-14(15)19-23(18(24)13-27-19)16-11-7-8-12-17(16)26-4/h5-12,19H,13H2,1-4H3,(H,22,25)/t19-/m0/s1. The highest BCUT2D eigenvalue weighted by molar-refractivity contribution is 8.00. The third-order valence-electron chi connectivity index (χ3n) is 4.37. The summed E-state index contributed by atoms with van der Waals surface area (Å²) < 4.78 is 5.46. The number of nitrogens with zero attached hydrogens (tertiary/aromatic N) is 1. The van der Waals surface area contributed by atoms with Crippen LogP contribution in [-0.2, 0) is 9.59 Å². The number of hydrogen-bond acceptors (Lipinski definition) is 4. The van der Waals surface area contributed by atoms with Gasteiger partial charge in [0, 0.05) is 16.7 Å². The molecule has 0 unspecified atom stereocenters. The predicted octanol–water partition coefficient (Wildman–Crippen LogP) is 4.46. The molecule has 27 heavy (non-hydrogen) atoms. The SMILES string of the molecule is COc1ccccc1N1C(=O)CS[C@H]1c1ccccc1NC(=O)C(C)(C)C. The van der Waals surface area contributed by atoms with Gasteiger partial charge in [-0.25, -0.2) is 0 Å².